The third-order valence-corrected chi connectivity index (χ3v) is 5.53. The van der Waals surface area contributed by atoms with E-state index in [0.29, 0.717) is 25.5 Å². The predicted octanol–water partition coefficient (Wildman–Crippen LogP) is 3.46. The molecule has 0 unspecified atom stereocenters. The van der Waals surface area contributed by atoms with Gasteiger partial charge >= 0.3 is 0 Å². The molecular weight excluding hydrogens is 314 g/mol. The third kappa shape index (κ3) is 3.30. The van der Waals surface area contributed by atoms with Gasteiger partial charge in [-0.15, -0.1) is 0 Å². The summed E-state index contributed by atoms with van der Waals surface area (Å²) in [6, 6.07) is 4.53. The molecule has 4 rings (SSSR count). The zero-order valence-electron chi connectivity index (χ0n) is 15.0. The summed E-state index contributed by atoms with van der Waals surface area (Å²) in [6.07, 6.45) is 7.46. The molecule has 1 fully saturated rings. The molecule has 0 aromatic carbocycles. The molecule has 3 heterocycles. The molecule has 1 aliphatic heterocycles. The first kappa shape index (κ1) is 16.6. The lowest BCUT2D eigenvalue weighted by Gasteiger charge is -2.29. The van der Waals surface area contributed by atoms with Gasteiger partial charge in [0.05, 0.1) is 19.6 Å². The van der Waals surface area contributed by atoms with E-state index in [-0.39, 0.29) is 5.91 Å². The Bertz CT molecular complexity index is 764. The summed E-state index contributed by atoms with van der Waals surface area (Å²) in [4.78, 5) is 19.1. The van der Waals surface area contributed by atoms with Crippen LogP contribution in [0.3, 0.4) is 0 Å². The summed E-state index contributed by atoms with van der Waals surface area (Å²) in [5, 5.41) is 1.22. The van der Waals surface area contributed by atoms with Crippen LogP contribution in [0.15, 0.2) is 18.3 Å². The van der Waals surface area contributed by atoms with E-state index in [1.165, 1.54) is 35.9 Å². The van der Waals surface area contributed by atoms with Crippen molar-refractivity contribution in [2.75, 3.05) is 19.8 Å². The first-order chi connectivity index (χ1) is 12.3. The fourth-order valence-electron chi connectivity index (χ4n) is 3.83. The SMILES string of the molecule is CCCOCCC(=O)N1CCn2c(cc3cc(C4CCC4)cnc32)C1. The molecule has 0 atom stereocenters. The molecule has 0 saturated heterocycles. The number of carbonyl (C=O) groups excluding carboxylic acids is 1. The maximum Gasteiger partial charge on any atom is 0.225 e. The van der Waals surface area contributed by atoms with Crippen LogP contribution >= 0.6 is 0 Å². The lowest BCUT2D eigenvalue weighted by atomic mass is 9.80. The maximum atomic E-state index is 12.4. The fraction of sp³-hybridized carbons (Fsp3) is 0.600. The van der Waals surface area contributed by atoms with Crippen LogP contribution in [0.1, 0.15) is 56.2 Å². The second kappa shape index (κ2) is 7.16. The molecular formula is C20H27N3O2. The lowest BCUT2D eigenvalue weighted by Crippen LogP contribution is -2.38. The quantitative estimate of drug-likeness (QED) is 0.756. The molecule has 25 heavy (non-hydrogen) atoms. The molecule has 2 aliphatic rings. The van der Waals surface area contributed by atoms with E-state index >= 15 is 0 Å². The van der Waals surface area contributed by atoms with Crippen molar-refractivity contribution < 1.29 is 9.53 Å². The number of carbonyl (C=O) groups is 1. The molecule has 5 heteroatoms. The van der Waals surface area contributed by atoms with Crippen molar-refractivity contribution in [2.45, 2.75) is 58.0 Å². The molecule has 2 aromatic rings. The van der Waals surface area contributed by atoms with Crippen LogP contribution in [0, 0.1) is 0 Å². The van der Waals surface area contributed by atoms with E-state index < -0.39 is 0 Å². The van der Waals surface area contributed by atoms with Gasteiger partial charge < -0.3 is 14.2 Å². The zero-order chi connectivity index (χ0) is 17.2. The van der Waals surface area contributed by atoms with Crippen molar-refractivity contribution in [2.24, 2.45) is 0 Å². The van der Waals surface area contributed by atoms with Crippen molar-refractivity contribution in [3.05, 3.63) is 29.6 Å². The lowest BCUT2D eigenvalue weighted by molar-refractivity contribution is -0.133. The Labute approximate surface area is 149 Å². The van der Waals surface area contributed by atoms with Gasteiger partial charge in [0, 0.05) is 37.0 Å². The number of fused-ring (bicyclic) bond motifs is 3. The highest BCUT2D eigenvalue weighted by Gasteiger charge is 2.24. The van der Waals surface area contributed by atoms with Gasteiger partial charge in [-0.2, -0.15) is 0 Å². The second-order valence-electron chi connectivity index (χ2n) is 7.27. The molecule has 0 spiro atoms. The van der Waals surface area contributed by atoms with Crippen molar-refractivity contribution in [3.63, 3.8) is 0 Å². The Morgan fingerprint density at radius 1 is 1.28 bits per heavy atom. The Hall–Kier alpha value is -1.88. The highest BCUT2D eigenvalue weighted by atomic mass is 16.5. The first-order valence-corrected chi connectivity index (χ1v) is 9.60. The van der Waals surface area contributed by atoms with Crippen LogP contribution in [-0.4, -0.2) is 40.1 Å². The second-order valence-corrected chi connectivity index (χ2v) is 7.27. The zero-order valence-corrected chi connectivity index (χ0v) is 15.0. The average Bonchev–Trinajstić information content (AvgIpc) is 2.93. The number of rotatable bonds is 6. The summed E-state index contributed by atoms with van der Waals surface area (Å²) < 4.78 is 7.73. The number of hydrogen-bond acceptors (Lipinski definition) is 3. The summed E-state index contributed by atoms with van der Waals surface area (Å²) in [5.74, 6) is 0.894. The minimum Gasteiger partial charge on any atom is -0.381 e. The van der Waals surface area contributed by atoms with E-state index in [0.717, 1.165) is 31.8 Å². The third-order valence-electron chi connectivity index (χ3n) is 5.53. The molecule has 1 aliphatic carbocycles. The number of ether oxygens (including phenoxy) is 1. The fourth-order valence-corrected chi connectivity index (χ4v) is 3.83. The van der Waals surface area contributed by atoms with Crippen molar-refractivity contribution >= 4 is 16.9 Å². The highest BCUT2D eigenvalue weighted by molar-refractivity contribution is 5.80. The van der Waals surface area contributed by atoms with E-state index in [1.807, 2.05) is 4.90 Å². The Kier molecular flexibility index (Phi) is 4.75. The highest BCUT2D eigenvalue weighted by Crippen LogP contribution is 2.37. The standard InChI is InChI=1S/C20H27N3O2/c1-2-9-25-10-6-19(24)22-7-8-23-18(14-22)12-16-11-17(13-21-20(16)23)15-4-3-5-15/h11-13,15H,2-10,14H2,1H3. The van der Waals surface area contributed by atoms with Gasteiger partial charge in [0.15, 0.2) is 0 Å². The van der Waals surface area contributed by atoms with Crippen LogP contribution < -0.4 is 0 Å². The number of amides is 1. The maximum absolute atomic E-state index is 12.4. The smallest absolute Gasteiger partial charge is 0.225 e. The van der Waals surface area contributed by atoms with E-state index in [4.69, 9.17) is 9.72 Å². The minimum absolute atomic E-state index is 0.190. The van der Waals surface area contributed by atoms with Crippen molar-refractivity contribution in [1.29, 1.82) is 0 Å². The minimum atomic E-state index is 0.190. The summed E-state index contributed by atoms with van der Waals surface area (Å²) in [7, 11) is 0. The van der Waals surface area contributed by atoms with Crippen molar-refractivity contribution in [3.8, 4) is 0 Å². The number of aromatic nitrogens is 2. The van der Waals surface area contributed by atoms with Crippen LogP contribution in [0.4, 0.5) is 0 Å². The largest absolute Gasteiger partial charge is 0.381 e. The number of pyridine rings is 1. The molecule has 0 bridgehead atoms. The van der Waals surface area contributed by atoms with Gasteiger partial charge in [0.25, 0.3) is 0 Å². The molecule has 5 nitrogen and oxygen atoms in total. The summed E-state index contributed by atoms with van der Waals surface area (Å²) >= 11 is 0. The first-order valence-electron chi connectivity index (χ1n) is 9.60. The van der Waals surface area contributed by atoms with Gasteiger partial charge in [-0.25, -0.2) is 4.98 Å². The van der Waals surface area contributed by atoms with E-state index in [2.05, 4.69) is 29.8 Å². The van der Waals surface area contributed by atoms with Gasteiger partial charge in [-0.05, 0) is 42.9 Å². The van der Waals surface area contributed by atoms with Crippen LogP contribution in [-0.2, 0) is 22.6 Å². The topological polar surface area (TPSA) is 47.4 Å². The predicted molar refractivity (Wildman–Crippen MR) is 97.5 cm³/mol. The van der Waals surface area contributed by atoms with Gasteiger partial charge in [-0.3, -0.25) is 4.79 Å². The monoisotopic (exact) mass is 341 g/mol. The number of hydrogen-bond donors (Lipinski definition) is 0. The van der Waals surface area contributed by atoms with Crippen LogP contribution in [0.5, 0.6) is 0 Å². The van der Waals surface area contributed by atoms with Crippen LogP contribution in [0.25, 0.3) is 11.0 Å². The molecule has 134 valence electrons. The van der Waals surface area contributed by atoms with Crippen LogP contribution in [0.2, 0.25) is 0 Å². The molecule has 1 saturated carbocycles. The van der Waals surface area contributed by atoms with Gasteiger partial charge in [0.2, 0.25) is 5.91 Å². The molecule has 2 aromatic heterocycles. The van der Waals surface area contributed by atoms with Gasteiger partial charge in [0.1, 0.15) is 5.65 Å². The normalized spacial score (nSPS) is 17.6. The van der Waals surface area contributed by atoms with E-state index in [1.54, 1.807) is 0 Å². The molecule has 0 radical (unpaired) electrons. The summed E-state index contributed by atoms with van der Waals surface area (Å²) in [6.45, 7) is 5.61. The van der Waals surface area contributed by atoms with Crippen molar-refractivity contribution in [1.82, 2.24) is 14.5 Å². The Morgan fingerprint density at radius 2 is 2.16 bits per heavy atom. The summed E-state index contributed by atoms with van der Waals surface area (Å²) in [5.41, 5.74) is 3.64. The Balaban J connectivity index is 1.46. The van der Waals surface area contributed by atoms with Gasteiger partial charge in [-0.1, -0.05) is 13.3 Å². The number of nitrogens with zero attached hydrogens (tertiary/aromatic N) is 3. The Morgan fingerprint density at radius 3 is 2.92 bits per heavy atom. The van der Waals surface area contributed by atoms with E-state index in [9.17, 15) is 4.79 Å². The average molecular weight is 341 g/mol. The molecule has 1 amide bonds. The molecule has 0 N–H and O–H groups in total.